The molecule has 1 aliphatic heterocycles. The normalized spacial score (nSPS) is 14.8. The van der Waals surface area contributed by atoms with E-state index in [0.29, 0.717) is 23.4 Å². The van der Waals surface area contributed by atoms with Gasteiger partial charge in [0.25, 0.3) is 11.5 Å². The zero-order valence-corrected chi connectivity index (χ0v) is 17.4. The maximum Gasteiger partial charge on any atom is 0.253 e. The fourth-order valence-corrected chi connectivity index (χ4v) is 3.84. The van der Waals surface area contributed by atoms with E-state index >= 15 is 0 Å². The first-order valence-electron chi connectivity index (χ1n) is 10.1. The number of nitrogens with two attached hydrogens (primary N) is 1. The number of likely N-dealkylation sites (N-methyl/N-ethyl adjacent to an activating group) is 1. The number of pyridine rings is 1. The Morgan fingerprint density at radius 2 is 1.87 bits per heavy atom. The molecule has 7 heteroatoms. The Bertz CT molecular complexity index is 1150. The summed E-state index contributed by atoms with van der Waals surface area (Å²) < 4.78 is 0. The van der Waals surface area contributed by atoms with Crippen molar-refractivity contribution in [2.45, 2.75) is 13.5 Å². The SMILES string of the molecule is Cc1ccc2[nH]c(=O)c(CNc3ccc(N4CCN(C)CC4)cc3C(N)=O)cc2c1. The highest BCUT2D eigenvalue weighted by Gasteiger charge is 2.17. The number of carbonyl (C=O) groups is 1. The number of rotatable bonds is 5. The van der Waals surface area contributed by atoms with Crippen molar-refractivity contribution in [1.29, 1.82) is 0 Å². The summed E-state index contributed by atoms with van der Waals surface area (Å²) in [5, 5.41) is 4.20. The van der Waals surface area contributed by atoms with Crippen LogP contribution in [-0.2, 0) is 6.54 Å². The molecule has 156 valence electrons. The van der Waals surface area contributed by atoms with Gasteiger partial charge in [0.2, 0.25) is 0 Å². The molecule has 1 amide bonds. The van der Waals surface area contributed by atoms with E-state index in [2.05, 4.69) is 27.1 Å². The summed E-state index contributed by atoms with van der Waals surface area (Å²) in [6, 6.07) is 13.5. The minimum atomic E-state index is -0.489. The van der Waals surface area contributed by atoms with Crippen molar-refractivity contribution in [3.05, 3.63) is 69.5 Å². The van der Waals surface area contributed by atoms with Crippen molar-refractivity contribution >= 4 is 28.2 Å². The summed E-state index contributed by atoms with van der Waals surface area (Å²) in [5.41, 5.74) is 10.1. The molecule has 1 fully saturated rings. The van der Waals surface area contributed by atoms with Gasteiger partial charge in [0.05, 0.1) is 5.56 Å². The Hall–Kier alpha value is -3.32. The first kappa shape index (κ1) is 20.0. The fraction of sp³-hybridized carbons (Fsp3) is 0.304. The van der Waals surface area contributed by atoms with Crippen LogP contribution >= 0.6 is 0 Å². The van der Waals surface area contributed by atoms with Gasteiger partial charge < -0.3 is 25.8 Å². The van der Waals surface area contributed by atoms with Crippen LogP contribution < -0.4 is 21.5 Å². The molecule has 1 aromatic heterocycles. The molecule has 1 aliphatic rings. The summed E-state index contributed by atoms with van der Waals surface area (Å²) in [6.45, 7) is 6.10. The number of aryl methyl sites for hydroxylation is 1. The van der Waals surface area contributed by atoms with E-state index in [1.165, 1.54) is 0 Å². The Morgan fingerprint density at radius 1 is 1.10 bits per heavy atom. The molecule has 30 heavy (non-hydrogen) atoms. The minimum Gasteiger partial charge on any atom is -0.380 e. The average molecular weight is 406 g/mol. The molecule has 0 spiro atoms. The molecule has 0 unspecified atom stereocenters. The summed E-state index contributed by atoms with van der Waals surface area (Å²) in [5.74, 6) is -0.489. The predicted octanol–water partition coefficient (Wildman–Crippen LogP) is 2.30. The molecular formula is C23H27N5O2. The molecule has 3 aromatic rings. The molecule has 7 nitrogen and oxygen atoms in total. The lowest BCUT2D eigenvalue weighted by molar-refractivity contribution is 0.100. The number of fused-ring (bicyclic) bond motifs is 1. The molecule has 4 N–H and O–H groups in total. The van der Waals surface area contributed by atoms with Gasteiger partial charge in [-0.3, -0.25) is 9.59 Å². The number of nitrogens with one attached hydrogen (secondary N) is 2. The second kappa shape index (κ2) is 8.20. The van der Waals surface area contributed by atoms with Crippen LogP contribution in [0.25, 0.3) is 10.9 Å². The Labute approximate surface area is 175 Å². The third-order valence-electron chi connectivity index (χ3n) is 5.68. The molecule has 4 rings (SSSR count). The number of hydrogen-bond acceptors (Lipinski definition) is 5. The predicted molar refractivity (Wildman–Crippen MR) is 121 cm³/mol. The number of aromatic nitrogens is 1. The Kier molecular flexibility index (Phi) is 5.46. The van der Waals surface area contributed by atoms with Gasteiger partial charge in [-0.25, -0.2) is 0 Å². The Morgan fingerprint density at radius 3 is 2.60 bits per heavy atom. The number of carbonyl (C=O) groups excluding carboxylic acids is 1. The zero-order chi connectivity index (χ0) is 21.3. The largest absolute Gasteiger partial charge is 0.380 e. The number of piperazine rings is 1. The lowest BCUT2D eigenvalue weighted by Crippen LogP contribution is -2.44. The molecule has 0 aliphatic carbocycles. The third kappa shape index (κ3) is 4.16. The lowest BCUT2D eigenvalue weighted by atomic mass is 10.1. The van der Waals surface area contributed by atoms with Gasteiger partial charge in [-0.2, -0.15) is 0 Å². The zero-order valence-electron chi connectivity index (χ0n) is 17.4. The summed E-state index contributed by atoms with van der Waals surface area (Å²) in [4.78, 5) is 32.0. The van der Waals surface area contributed by atoms with E-state index in [0.717, 1.165) is 48.3 Å². The van der Waals surface area contributed by atoms with E-state index in [-0.39, 0.29) is 5.56 Å². The van der Waals surface area contributed by atoms with Crippen LogP contribution in [0, 0.1) is 6.92 Å². The van der Waals surface area contributed by atoms with Crippen LogP contribution in [0.2, 0.25) is 0 Å². The number of H-pyrrole nitrogens is 1. The van der Waals surface area contributed by atoms with Crippen LogP contribution in [0.4, 0.5) is 11.4 Å². The van der Waals surface area contributed by atoms with E-state index < -0.39 is 5.91 Å². The molecule has 0 bridgehead atoms. The second-order valence-corrected chi connectivity index (χ2v) is 7.95. The fourth-order valence-electron chi connectivity index (χ4n) is 3.84. The molecular weight excluding hydrogens is 378 g/mol. The first-order chi connectivity index (χ1) is 14.4. The number of nitrogens with zero attached hydrogens (tertiary/aromatic N) is 2. The van der Waals surface area contributed by atoms with Crippen LogP contribution in [-0.4, -0.2) is 49.0 Å². The van der Waals surface area contributed by atoms with Gasteiger partial charge >= 0.3 is 0 Å². The maximum absolute atomic E-state index is 12.4. The molecule has 0 atom stereocenters. The maximum atomic E-state index is 12.4. The number of amides is 1. The van der Waals surface area contributed by atoms with Gasteiger partial charge in [0.1, 0.15) is 0 Å². The van der Waals surface area contributed by atoms with Crippen molar-refractivity contribution in [3.63, 3.8) is 0 Å². The average Bonchev–Trinajstić information content (AvgIpc) is 2.73. The second-order valence-electron chi connectivity index (χ2n) is 7.95. The smallest absolute Gasteiger partial charge is 0.253 e. The van der Waals surface area contributed by atoms with Crippen LogP contribution in [0.1, 0.15) is 21.5 Å². The van der Waals surface area contributed by atoms with Crippen LogP contribution in [0.5, 0.6) is 0 Å². The van der Waals surface area contributed by atoms with Gasteiger partial charge in [0, 0.05) is 55.2 Å². The van der Waals surface area contributed by atoms with Crippen molar-refractivity contribution in [2.75, 3.05) is 43.4 Å². The topological polar surface area (TPSA) is 94.5 Å². The number of aromatic amines is 1. The summed E-state index contributed by atoms with van der Waals surface area (Å²) in [7, 11) is 2.11. The van der Waals surface area contributed by atoms with Crippen LogP contribution in [0.15, 0.2) is 47.3 Å². The molecule has 0 radical (unpaired) electrons. The summed E-state index contributed by atoms with van der Waals surface area (Å²) >= 11 is 0. The number of hydrogen-bond donors (Lipinski definition) is 3. The quantitative estimate of drug-likeness (QED) is 0.606. The van der Waals surface area contributed by atoms with E-state index in [1.54, 1.807) is 0 Å². The summed E-state index contributed by atoms with van der Waals surface area (Å²) in [6.07, 6.45) is 0. The number of primary amides is 1. The van der Waals surface area contributed by atoms with Crippen molar-refractivity contribution in [2.24, 2.45) is 5.73 Å². The van der Waals surface area contributed by atoms with Crippen LogP contribution in [0.3, 0.4) is 0 Å². The third-order valence-corrected chi connectivity index (χ3v) is 5.68. The lowest BCUT2D eigenvalue weighted by Gasteiger charge is -2.34. The molecule has 2 aromatic carbocycles. The molecule has 0 saturated carbocycles. The van der Waals surface area contributed by atoms with Gasteiger partial charge in [-0.15, -0.1) is 0 Å². The van der Waals surface area contributed by atoms with Gasteiger partial charge in [0.15, 0.2) is 0 Å². The number of anilines is 2. The monoisotopic (exact) mass is 405 g/mol. The van der Waals surface area contributed by atoms with Crippen molar-refractivity contribution in [3.8, 4) is 0 Å². The minimum absolute atomic E-state index is 0.145. The molecule has 1 saturated heterocycles. The number of benzene rings is 2. The highest BCUT2D eigenvalue weighted by atomic mass is 16.1. The first-order valence-corrected chi connectivity index (χ1v) is 10.1. The van der Waals surface area contributed by atoms with E-state index in [4.69, 9.17) is 5.73 Å². The molecule has 2 heterocycles. The highest BCUT2D eigenvalue weighted by molar-refractivity contribution is 5.99. The van der Waals surface area contributed by atoms with E-state index in [9.17, 15) is 9.59 Å². The standard InChI is InChI=1S/C23H27N5O2/c1-15-3-5-20-16(11-15)12-17(23(30)26-20)14-25-21-6-4-18(13-19(21)22(24)29)28-9-7-27(2)8-10-28/h3-6,11-13,25H,7-10,14H2,1-2H3,(H2,24,29)(H,26,30). The van der Waals surface area contributed by atoms with Gasteiger partial charge in [-0.1, -0.05) is 11.6 Å². The van der Waals surface area contributed by atoms with Crippen molar-refractivity contribution < 1.29 is 4.79 Å². The highest BCUT2D eigenvalue weighted by Crippen LogP contribution is 2.25. The van der Waals surface area contributed by atoms with E-state index in [1.807, 2.05) is 49.4 Å². The van der Waals surface area contributed by atoms with Crippen molar-refractivity contribution in [1.82, 2.24) is 9.88 Å². The Balaban J connectivity index is 1.57. The van der Waals surface area contributed by atoms with Gasteiger partial charge in [-0.05, 0) is 55.8 Å².